The van der Waals surface area contributed by atoms with Crippen molar-refractivity contribution in [3.05, 3.63) is 55.4 Å². The van der Waals surface area contributed by atoms with Crippen molar-refractivity contribution in [2.45, 2.75) is 33.7 Å². The van der Waals surface area contributed by atoms with Gasteiger partial charge in [0, 0.05) is 9.35 Å². The van der Waals surface area contributed by atoms with E-state index < -0.39 is 11.9 Å². The molecular weight excluding hydrogens is 458 g/mol. The Morgan fingerprint density at radius 2 is 2.07 bits per heavy atom. The number of hydrogen-bond donors (Lipinski definition) is 1. The molecule has 0 spiro atoms. The molecule has 0 bridgehead atoms. The van der Waals surface area contributed by atoms with E-state index >= 15 is 0 Å². The van der Waals surface area contributed by atoms with Gasteiger partial charge in [-0.15, -0.1) is 11.3 Å². The van der Waals surface area contributed by atoms with Crippen molar-refractivity contribution < 1.29 is 14.3 Å². The topological polar surface area (TPSA) is 90.3 Å². The number of esters is 1. The molecule has 1 N–H and O–H groups in total. The largest absolute Gasteiger partial charge is 0.462 e. The zero-order valence-electron chi connectivity index (χ0n) is 16.2. The average Bonchev–Trinajstić information content (AvgIpc) is 2.99. The number of nitrogens with zero attached hydrogens (tertiary/aromatic N) is 2. The fraction of sp³-hybridized carbons (Fsp3) is 0.300. The predicted octanol–water partition coefficient (Wildman–Crippen LogP) is 3.91. The molecule has 0 atom stereocenters. The standard InChI is InChI=1S/C20H20BrN3O4S/c1-4-13-11(3)29-18(17(13)20(27)28-5-2)23-16(25)9-24-10-22-15-7-6-12(21)8-14(15)19(24)26/h6-8,10H,4-5,9H2,1-3H3,(H,23,25). The van der Waals surface area contributed by atoms with Gasteiger partial charge in [-0.25, -0.2) is 9.78 Å². The van der Waals surface area contributed by atoms with Crippen LogP contribution in [-0.4, -0.2) is 28.0 Å². The van der Waals surface area contributed by atoms with Gasteiger partial charge in [0.05, 0.1) is 29.4 Å². The first kappa shape index (κ1) is 21.2. The summed E-state index contributed by atoms with van der Waals surface area (Å²) in [6.45, 7) is 5.62. The molecule has 0 saturated carbocycles. The summed E-state index contributed by atoms with van der Waals surface area (Å²) in [5, 5.41) is 3.62. The lowest BCUT2D eigenvalue weighted by Crippen LogP contribution is -2.28. The highest BCUT2D eigenvalue weighted by atomic mass is 79.9. The smallest absolute Gasteiger partial charge is 0.341 e. The molecule has 152 valence electrons. The summed E-state index contributed by atoms with van der Waals surface area (Å²) in [6, 6.07) is 5.21. The normalized spacial score (nSPS) is 10.9. The number of aromatic nitrogens is 2. The summed E-state index contributed by atoms with van der Waals surface area (Å²) in [4.78, 5) is 42.9. The second-order valence-electron chi connectivity index (χ2n) is 6.30. The molecule has 29 heavy (non-hydrogen) atoms. The average molecular weight is 478 g/mol. The van der Waals surface area contributed by atoms with E-state index in [0.29, 0.717) is 27.9 Å². The van der Waals surface area contributed by atoms with Gasteiger partial charge in [0.25, 0.3) is 5.56 Å². The van der Waals surface area contributed by atoms with Gasteiger partial charge >= 0.3 is 5.97 Å². The van der Waals surface area contributed by atoms with Gasteiger partial charge < -0.3 is 10.1 Å². The molecule has 2 aromatic heterocycles. The van der Waals surface area contributed by atoms with E-state index in [2.05, 4.69) is 26.2 Å². The molecule has 0 aliphatic carbocycles. The summed E-state index contributed by atoms with van der Waals surface area (Å²) in [5.41, 5.74) is 1.49. The second kappa shape index (κ2) is 8.87. The van der Waals surface area contributed by atoms with Crippen LogP contribution in [0, 0.1) is 6.92 Å². The van der Waals surface area contributed by atoms with Crippen LogP contribution in [0.4, 0.5) is 5.00 Å². The van der Waals surface area contributed by atoms with Crippen LogP contribution in [0.1, 0.15) is 34.6 Å². The van der Waals surface area contributed by atoms with Crippen molar-refractivity contribution in [3.63, 3.8) is 0 Å². The summed E-state index contributed by atoms with van der Waals surface area (Å²) >= 11 is 4.66. The van der Waals surface area contributed by atoms with Gasteiger partial charge in [-0.3, -0.25) is 14.2 Å². The van der Waals surface area contributed by atoms with Crippen LogP contribution in [0.3, 0.4) is 0 Å². The third-order valence-corrected chi connectivity index (χ3v) is 5.95. The Morgan fingerprint density at radius 3 is 2.76 bits per heavy atom. The van der Waals surface area contributed by atoms with Crippen LogP contribution < -0.4 is 10.9 Å². The van der Waals surface area contributed by atoms with Crippen molar-refractivity contribution in [1.29, 1.82) is 0 Å². The molecule has 0 unspecified atom stereocenters. The van der Waals surface area contributed by atoms with Gasteiger partial charge in [-0.2, -0.15) is 0 Å². The van der Waals surface area contributed by atoms with E-state index in [0.717, 1.165) is 14.9 Å². The Kier molecular flexibility index (Phi) is 6.49. The number of nitrogens with one attached hydrogen (secondary N) is 1. The van der Waals surface area contributed by atoms with E-state index in [1.165, 1.54) is 22.2 Å². The summed E-state index contributed by atoms with van der Waals surface area (Å²) < 4.78 is 7.15. The SMILES string of the molecule is CCOC(=O)c1c(NC(=O)Cn2cnc3ccc(Br)cc3c2=O)sc(C)c1CC. The minimum Gasteiger partial charge on any atom is -0.462 e. The van der Waals surface area contributed by atoms with Crippen LogP contribution >= 0.6 is 27.3 Å². The van der Waals surface area contributed by atoms with Gasteiger partial charge in [0.15, 0.2) is 0 Å². The number of fused-ring (bicyclic) bond motifs is 1. The van der Waals surface area contributed by atoms with Crippen molar-refractivity contribution in [3.8, 4) is 0 Å². The van der Waals surface area contributed by atoms with Gasteiger partial charge in [0.1, 0.15) is 11.5 Å². The zero-order chi connectivity index (χ0) is 21.1. The Bertz CT molecular complexity index is 1150. The summed E-state index contributed by atoms with van der Waals surface area (Å²) in [7, 11) is 0. The molecule has 0 radical (unpaired) electrons. The third-order valence-electron chi connectivity index (χ3n) is 4.40. The van der Waals surface area contributed by atoms with Gasteiger partial charge in [-0.05, 0) is 44.0 Å². The summed E-state index contributed by atoms with van der Waals surface area (Å²) in [6.07, 6.45) is 2.00. The van der Waals surface area contributed by atoms with Crippen molar-refractivity contribution in [1.82, 2.24) is 9.55 Å². The highest BCUT2D eigenvalue weighted by Crippen LogP contribution is 2.34. The predicted molar refractivity (Wildman–Crippen MR) is 117 cm³/mol. The first-order chi connectivity index (χ1) is 13.8. The maximum absolute atomic E-state index is 12.7. The lowest BCUT2D eigenvalue weighted by Gasteiger charge is -2.09. The molecular formula is C20H20BrN3O4S. The summed E-state index contributed by atoms with van der Waals surface area (Å²) in [5.74, 6) is -0.879. The number of anilines is 1. The molecule has 1 aromatic carbocycles. The lowest BCUT2D eigenvalue weighted by molar-refractivity contribution is -0.116. The molecule has 0 aliphatic rings. The number of thiophene rings is 1. The molecule has 3 rings (SSSR count). The first-order valence-electron chi connectivity index (χ1n) is 9.09. The Hall–Kier alpha value is -2.52. The van der Waals surface area contributed by atoms with Crippen molar-refractivity contribution in [2.75, 3.05) is 11.9 Å². The monoisotopic (exact) mass is 477 g/mol. The molecule has 0 saturated heterocycles. The molecule has 0 aliphatic heterocycles. The molecule has 0 fully saturated rings. The molecule has 2 heterocycles. The quantitative estimate of drug-likeness (QED) is 0.543. The number of carbonyl (C=O) groups is 2. The fourth-order valence-electron chi connectivity index (χ4n) is 3.08. The number of benzene rings is 1. The number of carbonyl (C=O) groups excluding carboxylic acids is 2. The van der Waals surface area contributed by atoms with Crippen LogP contribution in [-0.2, 0) is 22.5 Å². The number of amides is 1. The Morgan fingerprint density at radius 1 is 1.31 bits per heavy atom. The molecule has 3 aromatic rings. The van der Waals surface area contributed by atoms with E-state index in [1.54, 1.807) is 25.1 Å². The van der Waals surface area contributed by atoms with E-state index in [9.17, 15) is 14.4 Å². The number of ether oxygens (including phenoxy) is 1. The third kappa shape index (κ3) is 4.40. The van der Waals surface area contributed by atoms with Gasteiger partial charge in [0.2, 0.25) is 5.91 Å². The molecule has 9 heteroatoms. The van der Waals surface area contributed by atoms with Gasteiger partial charge in [-0.1, -0.05) is 22.9 Å². The Labute approximate surface area is 179 Å². The maximum atomic E-state index is 12.7. The number of aryl methyl sites for hydroxylation is 1. The maximum Gasteiger partial charge on any atom is 0.341 e. The number of hydrogen-bond acceptors (Lipinski definition) is 6. The first-order valence-corrected chi connectivity index (χ1v) is 10.7. The van der Waals surface area contributed by atoms with Crippen LogP contribution in [0.25, 0.3) is 10.9 Å². The van der Waals surface area contributed by atoms with Crippen molar-refractivity contribution in [2.24, 2.45) is 0 Å². The van der Waals surface area contributed by atoms with E-state index in [4.69, 9.17) is 4.74 Å². The highest BCUT2D eigenvalue weighted by Gasteiger charge is 2.23. The molecule has 1 amide bonds. The van der Waals surface area contributed by atoms with Crippen LogP contribution in [0.5, 0.6) is 0 Å². The second-order valence-corrected chi connectivity index (χ2v) is 8.44. The molecule has 7 nitrogen and oxygen atoms in total. The van der Waals surface area contributed by atoms with Crippen LogP contribution in [0.15, 0.2) is 33.8 Å². The minimum absolute atomic E-state index is 0.213. The van der Waals surface area contributed by atoms with E-state index in [1.807, 2.05) is 13.8 Å². The Balaban J connectivity index is 1.88. The van der Waals surface area contributed by atoms with E-state index in [-0.39, 0.29) is 18.7 Å². The highest BCUT2D eigenvalue weighted by molar-refractivity contribution is 9.10. The lowest BCUT2D eigenvalue weighted by atomic mass is 10.1. The fourth-order valence-corrected chi connectivity index (χ4v) is 4.59. The van der Waals surface area contributed by atoms with Crippen LogP contribution in [0.2, 0.25) is 0 Å². The number of halogens is 1. The minimum atomic E-state index is -0.460. The van der Waals surface area contributed by atoms with Crippen molar-refractivity contribution >= 4 is 55.0 Å². The number of rotatable bonds is 6. The zero-order valence-corrected chi connectivity index (χ0v) is 18.6.